The lowest BCUT2D eigenvalue weighted by atomic mass is 10.3. The number of carbonyl (C=O) groups is 1. The molecule has 0 aromatic carbocycles. The van der Waals surface area contributed by atoms with Crippen LogP contribution >= 0.6 is 0 Å². The second kappa shape index (κ2) is 6.85. The molecule has 0 saturated heterocycles. The Morgan fingerprint density at radius 2 is 2.33 bits per heavy atom. The van der Waals surface area contributed by atoms with Gasteiger partial charge < -0.3 is 10.6 Å². The van der Waals surface area contributed by atoms with Crippen LogP contribution in [0.15, 0.2) is 12.7 Å². The van der Waals surface area contributed by atoms with Gasteiger partial charge in [-0.1, -0.05) is 19.4 Å². The third-order valence-electron chi connectivity index (χ3n) is 1.66. The minimum atomic E-state index is 0.00310. The molecule has 0 aliphatic heterocycles. The van der Waals surface area contributed by atoms with Crippen molar-refractivity contribution in [3.8, 4) is 0 Å². The van der Waals surface area contributed by atoms with Gasteiger partial charge in [0.25, 0.3) is 0 Å². The Morgan fingerprint density at radius 3 is 2.75 bits per heavy atom. The number of rotatable bonds is 6. The third-order valence-corrected chi connectivity index (χ3v) is 1.66. The van der Waals surface area contributed by atoms with Gasteiger partial charge in [0.1, 0.15) is 0 Å². The molecule has 0 aromatic rings. The molecule has 0 aliphatic carbocycles. The smallest absolute Gasteiger partial charge is 0.236 e. The topological polar surface area (TPSA) is 46.3 Å². The highest BCUT2D eigenvalue weighted by Crippen LogP contribution is 1.95. The summed E-state index contributed by atoms with van der Waals surface area (Å²) in [5, 5.41) is 0. The second-order valence-electron chi connectivity index (χ2n) is 2.69. The Labute approximate surface area is 74.2 Å². The van der Waals surface area contributed by atoms with E-state index in [2.05, 4.69) is 13.5 Å². The van der Waals surface area contributed by atoms with Crippen LogP contribution in [0.5, 0.6) is 0 Å². The van der Waals surface area contributed by atoms with E-state index in [0.29, 0.717) is 6.54 Å². The van der Waals surface area contributed by atoms with Gasteiger partial charge >= 0.3 is 0 Å². The van der Waals surface area contributed by atoms with Crippen LogP contribution < -0.4 is 5.73 Å². The van der Waals surface area contributed by atoms with E-state index in [1.807, 2.05) is 0 Å². The number of hydrogen-bond donors (Lipinski definition) is 1. The quantitative estimate of drug-likeness (QED) is 0.598. The van der Waals surface area contributed by atoms with Gasteiger partial charge in [0.2, 0.25) is 5.91 Å². The van der Waals surface area contributed by atoms with Crippen molar-refractivity contribution in [3.63, 3.8) is 0 Å². The Balaban J connectivity index is 3.84. The van der Waals surface area contributed by atoms with Gasteiger partial charge in [0.05, 0.1) is 6.54 Å². The van der Waals surface area contributed by atoms with Gasteiger partial charge in [-0.05, 0) is 6.42 Å². The van der Waals surface area contributed by atoms with Crippen LogP contribution in [-0.4, -0.2) is 30.4 Å². The van der Waals surface area contributed by atoms with E-state index in [-0.39, 0.29) is 12.5 Å². The molecule has 0 saturated carbocycles. The predicted octanol–water partition coefficient (Wildman–Crippen LogP) is 0.760. The van der Waals surface area contributed by atoms with E-state index in [1.165, 1.54) is 0 Å². The zero-order chi connectivity index (χ0) is 9.40. The molecule has 0 bridgehead atoms. The van der Waals surface area contributed by atoms with Crippen molar-refractivity contribution >= 4 is 5.91 Å². The van der Waals surface area contributed by atoms with Crippen molar-refractivity contribution in [2.24, 2.45) is 5.73 Å². The van der Waals surface area contributed by atoms with E-state index in [0.717, 1.165) is 19.4 Å². The molecule has 0 spiro atoms. The maximum atomic E-state index is 11.2. The number of hydrogen-bond acceptors (Lipinski definition) is 2. The molecular weight excluding hydrogens is 152 g/mol. The molecular formula is C9H18N2O. The van der Waals surface area contributed by atoms with Gasteiger partial charge in [-0.25, -0.2) is 0 Å². The van der Waals surface area contributed by atoms with Crippen molar-refractivity contribution in [2.75, 3.05) is 19.6 Å². The zero-order valence-corrected chi connectivity index (χ0v) is 7.75. The predicted molar refractivity (Wildman–Crippen MR) is 50.7 cm³/mol. The molecule has 12 heavy (non-hydrogen) atoms. The highest BCUT2D eigenvalue weighted by Gasteiger charge is 2.07. The summed E-state index contributed by atoms with van der Waals surface area (Å²) in [7, 11) is 0. The Hall–Kier alpha value is -0.830. The minimum absolute atomic E-state index is 0.00310. The van der Waals surface area contributed by atoms with Crippen molar-refractivity contribution < 1.29 is 4.79 Å². The molecule has 3 heteroatoms. The Kier molecular flexibility index (Phi) is 6.38. The number of unbranched alkanes of at least 4 members (excludes halogenated alkanes) is 1. The van der Waals surface area contributed by atoms with Gasteiger partial charge in [0.15, 0.2) is 0 Å². The molecule has 0 aromatic heterocycles. The van der Waals surface area contributed by atoms with Crippen LogP contribution in [-0.2, 0) is 4.79 Å². The standard InChI is InChI=1S/C9H18N2O/c1-3-5-7-11(6-4-2)9(12)8-10/h4H,2-3,5-8,10H2,1H3. The largest absolute Gasteiger partial charge is 0.338 e. The average molecular weight is 170 g/mol. The summed E-state index contributed by atoms with van der Waals surface area (Å²) in [6.07, 6.45) is 3.84. The highest BCUT2D eigenvalue weighted by molar-refractivity contribution is 5.78. The molecule has 0 radical (unpaired) electrons. The van der Waals surface area contributed by atoms with E-state index in [4.69, 9.17) is 5.73 Å². The van der Waals surface area contributed by atoms with Crippen molar-refractivity contribution in [1.82, 2.24) is 4.90 Å². The maximum Gasteiger partial charge on any atom is 0.236 e. The van der Waals surface area contributed by atoms with E-state index in [9.17, 15) is 4.79 Å². The molecule has 70 valence electrons. The normalized spacial score (nSPS) is 9.50. The maximum absolute atomic E-state index is 11.2. The van der Waals surface area contributed by atoms with Crippen LogP contribution in [0.3, 0.4) is 0 Å². The molecule has 0 atom stereocenters. The molecule has 0 fully saturated rings. The SMILES string of the molecule is C=CCN(CCCC)C(=O)CN. The number of carbonyl (C=O) groups excluding carboxylic acids is 1. The van der Waals surface area contributed by atoms with Gasteiger partial charge in [-0.3, -0.25) is 4.79 Å². The summed E-state index contributed by atoms with van der Waals surface area (Å²) in [5.41, 5.74) is 5.25. The van der Waals surface area contributed by atoms with E-state index >= 15 is 0 Å². The molecule has 1 amide bonds. The fourth-order valence-electron chi connectivity index (χ4n) is 0.952. The monoisotopic (exact) mass is 170 g/mol. The summed E-state index contributed by atoms with van der Waals surface area (Å²) in [5.74, 6) is 0.00310. The lowest BCUT2D eigenvalue weighted by Crippen LogP contribution is -2.36. The van der Waals surface area contributed by atoms with Gasteiger partial charge in [0, 0.05) is 13.1 Å². The first-order valence-corrected chi connectivity index (χ1v) is 4.35. The summed E-state index contributed by atoms with van der Waals surface area (Å²) in [6, 6.07) is 0. The van der Waals surface area contributed by atoms with Crippen molar-refractivity contribution in [1.29, 1.82) is 0 Å². The summed E-state index contributed by atoms with van der Waals surface area (Å²) in [4.78, 5) is 12.9. The Morgan fingerprint density at radius 1 is 1.67 bits per heavy atom. The molecule has 3 nitrogen and oxygen atoms in total. The molecule has 0 unspecified atom stereocenters. The van der Waals surface area contributed by atoms with Crippen LogP contribution in [0.1, 0.15) is 19.8 Å². The van der Waals surface area contributed by atoms with Crippen molar-refractivity contribution in [3.05, 3.63) is 12.7 Å². The average Bonchev–Trinajstić information content (AvgIpc) is 2.11. The molecule has 0 rings (SSSR count). The first-order chi connectivity index (χ1) is 5.76. The highest BCUT2D eigenvalue weighted by atomic mass is 16.2. The first kappa shape index (κ1) is 11.2. The van der Waals surface area contributed by atoms with Crippen LogP contribution in [0.4, 0.5) is 0 Å². The van der Waals surface area contributed by atoms with Crippen LogP contribution in [0.2, 0.25) is 0 Å². The fourth-order valence-corrected chi connectivity index (χ4v) is 0.952. The second-order valence-corrected chi connectivity index (χ2v) is 2.69. The summed E-state index contributed by atoms with van der Waals surface area (Å²) < 4.78 is 0. The van der Waals surface area contributed by atoms with Crippen LogP contribution in [0, 0.1) is 0 Å². The van der Waals surface area contributed by atoms with Crippen LogP contribution in [0.25, 0.3) is 0 Å². The number of nitrogens with zero attached hydrogens (tertiary/aromatic N) is 1. The lowest BCUT2D eigenvalue weighted by molar-refractivity contribution is -0.129. The zero-order valence-electron chi connectivity index (χ0n) is 7.75. The minimum Gasteiger partial charge on any atom is -0.338 e. The van der Waals surface area contributed by atoms with Crippen molar-refractivity contribution in [2.45, 2.75) is 19.8 Å². The summed E-state index contributed by atoms with van der Waals surface area (Å²) >= 11 is 0. The van der Waals surface area contributed by atoms with E-state index < -0.39 is 0 Å². The van der Waals surface area contributed by atoms with E-state index in [1.54, 1.807) is 11.0 Å². The van der Waals surface area contributed by atoms with Gasteiger partial charge in [-0.15, -0.1) is 6.58 Å². The lowest BCUT2D eigenvalue weighted by Gasteiger charge is -2.19. The number of amides is 1. The summed E-state index contributed by atoms with van der Waals surface area (Å²) in [6.45, 7) is 7.18. The Bertz CT molecular complexity index is 145. The molecule has 0 heterocycles. The molecule has 0 aliphatic rings. The number of nitrogens with two attached hydrogens (primary N) is 1. The third kappa shape index (κ3) is 4.13. The van der Waals surface area contributed by atoms with Gasteiger partial charge in [-0.2, -0.15) is 0 Å². The first-order valence-electron chi connectivity index (χ1n) is 4.35. The molecule has 2 N–H and O–H groups in total. The fraction of sp³-hybridized carbons (Fsp3) is 0.667.